The van der Waals surface area contributed by atoms with Crippen molar-refractivity contribution in [2.75, 3.05) is 0 Å². The van der Waals surface area contributed by atoms with E-state index in [2.05, 4.69) is 39.8 Å². The molecule has 0 saturated carbocycles. The molecule has 0 aromatic carbocycles. The van der Waals surface area contributed by atoms with Gasteiger partial charge in [-0.2, -0.15) is 0 Å². The zero-order valence-electron chi connectivity index (χ0n) is 16.1. The van der Waals surface area contributed by atoms with Gasteiger partial charge in [0.2, 0.25) is 0 Å². The number of allylic oxidation sites excluding steroid dienone is 5. The van der Waals surface area contributed by atoms with Crippen LogP contribution in [0.5, 0.6) is 0 Å². The summed E-state index contributed by atoms with van der Waals surface area (Å²) in [6.45, 7) is 18.1. The van der Waals surface area contributed by atoms with Crippen LogP contribution in [0.15, 0.2) is 34.9 Å². The van der Waals surface area contributed by atoms with Crippen LogP contribution >= 0.6 is 0 Å². The van der Waals surface area contributed by atoms with Crippen molar-refractivity contribution in [2.45, 2.75) is 81.3 Å². The highest BCUT2D eigenvalue weighted by molar-refractivity contribution is 6.00. The zero-order chi connectivity index (χ0) is 17.9. The average molecular weight is 309 g/mol. The van der Waals surface area contributed by atoms with Gasteiger partial charge in [0.15, 0.2) is 5.78 Å². The van der Waals surface area contributed by atoms with Crippen molar-refractivity contribution in [3.05, 3.63) is 34.9 Å². The minimum atomic E-state index is -0.843. The maximum Gasteiger partial charge on any atom is 0.187 e. The molecule has 0 fully saturated rings. The minimum absolute atomic E-state index is 0.133. The SMILES string of the molecule is CC.CC.CC/C=C(C)/C=C/C1=C(C)C(=O)C(O)CC1(C)C. The van der Waals surface area contributed by atoms with Crippen molar-refractivity contribution in [2.24, 2.45) is 5.41 Å². The quantitative estimate of drug-likeness (QED) is 0.686. The number of carbonyl (C=O) groups is 1. The van der Waals surface area contributed by atoms with E-state index in [0.29, 0.717) is 12.0 Å². The first kappa shape index (κ1) is 23.1. The van der Waals surface area contributed by atoms with Gasteiger partial charge in [-0.1, -0.05) is 72.3 Å². The lowest BCUT2D eigenvalue weighted by molar-refractivity contribution is -0.125. The molecule has 128 valence electrons. The van der Waals surface area contributed by atoms with E-state index in [1.54, 1.807) is 0 Å². The van der Waals surface area contributed by atoms with Crippen molar-refractivity contribution in [1.82, 2.24) is 0 Å². The van der Waals surface area contributed by atoms with Crippen LogP contribution in [0, 0.1) is 5.41 Å². The lowest BCUT2D eigenvalue weighted by Gasteiger charge is -2.34. The van der Waals surface area contributed by atoms with Crippen LogP contribution in [-0.2, 0) is 4.79 Å². The first-order valence-electron chi connectivity index (χ1n) is 8.58. The maximum absolute atomic E-state index is 11.8. The average Bonchev–Trinajstić information content (AvgIpc) is 2.48. The topological polar surface area (TPSA) is 37.3 Å². The fraction of sp³-hybridized carbons (Fsp3) is 0.650. The predicted molar refractivity (Wildman–Crippen MR) is 98.0 cm³/mol. The summed E-state index contributed by atoms with van der Waals surface area (Å²) in [5.74, 6) is -0.133. The zero-order valence-corrected chi connectivity index (χ0v) is 16.1. The first-order chi connectivity index (χ1) is 10.3. The second kappa shape index (κ2) is 11.4. The highest BCUT2D eigenvalue weighted by atomic mass is 16.3. The lowest BCUT2D eigenvalue weighted by atomic mass is 9.71. The molecule has 1 aliphatic rings. The molecule has 1 aliphatic carbocycles. The summed E-state index contributed by atoms with van der Waals surface area (Å²) in [6.07, 6.45) is 6.90. The van der Waals surface area contributed by atoms with Gasteiger partial charge in [-0.05, 0) is 43.3 Å². The van der Waals surface area contributed by atoms with Gasteiger partial charge in [0.05, 0.1) is 0 Å². The number of rotatable bonds is 3. The summed E-state index contributed by atoms with van der Waals surface area (Å²) < 4.78 is 0. The number of Topliss-reactive ketones (excluding diaryl/α,β-unsaturated/α-hetero) is 1. The molecule has 1 rings (SSSR count). The van der Waals surface area contributed by atoms with Crippen LogP contribution in [0.2, 0.25) is 0 Å². The van der Waals surface area contributed by atoms with E-state index in [1.807, 2.05) is 40.7 Å². The Hall–Kier alpha value is -1.15. The molecule has 0 aliphatic heterocycles. The van der Waals surface area contributed by atoms with Crippen LogP contribution in [0.4, 0.5) is 0 Å². The molecule has 0 radical (unpaired) electrons. The van der Waals surface area contributed by atoms with Crippen LogP contribution in [-0.4, -0.2) is 17.0 Å². The van der Waals surface area contributed by atoms with Crippen molar-refractivity contribution in [1.29, 1.82) is 0 Å². The van der Waals surface area contributed by atoms with Gasteiger partial charge in [0.25, 0.3) is 0 Å². The predicted octanol–water partition coefficient (Wildman–Crippen LogP) is 5.63. The molecule has 0 spiro atoms. The Labute approximate surface area is 138 Å². The van der Waals surface area contributed by atoms with E-state index < -0.39 is 6.10 Å². The van der Waals surface area contributed by atoms with Crippen LogP contribution < -0.4 is 0 Å². The van der Waals surface area contributed by atoms with Crippen molar-refractivity contribution in [3.8, 4) is 0 Å². The molecule has 1 atom stereocenters. The van der Waals surface area contributed by atoms with E-state index in [0.717, 1.165) is 12.0 Å². The number of aliphatic hydroxyl groups is 1. The molecule has 0 bridgehead atoms. The molecule has 0 saturated heterocycles. The molecule has 2 nitrogen and oxygen atoms in total. The Balaban J connectivity index is 0. The Morgan fingerprint density at radius 2 is 1.77 bits per heavy atom. The Bertz CT molecular complexity index is 423. The van der Waals surface area contributed by atoms with Gasteiger partial charge in [-0.3, -0.25) is 4.79 Å². The number of aliphatic hydroxyl groups excluding tert-OH is 1. The molecule has 2 heteroatoms. The standard InChI is InChI=1S/C16H24O2.2C2H6/c1-6-7-11(2)8-9-13-12(3)15(18)14(17)10-16(13,4)5;2*1-2/h7-9,14,17H,6,10H2,1-5H3;2*1-2H3/b9-8+,11-7+;;. The second-order valence-corrected chi connectivity index (χ2v) is 5.70. The smallest absolute Gasteiger partial charge is 0.187 e. The normalized spacial score (nSPS) is 21.1. The van der Waals surface area contributed by atoms with E-state index >= 15 is 0 Å². The molecule has 1 N–H and O–H groups in total. The largest absolute Gasteiger partial charge is 0.385 e. The van der Waals surface area contributed by atoms with E-state index in [-0.39, 0.29) is 11.2 Å². The Kier molecular flexibility index (Phi) is 12.0. The number of ketones is 1. The van der Waals surface area contributed by atoms with Gasteiger partial charge in [0, 0.05) is 0 Å². The third-order valence-electron chi connectivity index (χ3n) is 3.55. The monoisotopic (exact) mass is 308 g/mol. The van der Waals surface area contributed by atoms with Gasteiger partial charge in [0.1, 0.15) is 6.10 Å². The van der Waals surface area contributed by atoms with Gasteiger partial charge < -0.3 is 5.11 Å². The summed E-state index contributed by atoms with van der Waals surface area (Å²) in [7, 11) is 0. The second-order valence-electron chi connectivity index (χ2n) is 5.70. The summed E-state index contributed by atoms with van der Waals surface area (Å²) in [4.78, 5) is 11.8. The van der Waals surface area contributed by atoms with Crippen LogP contribution in [0.3, 0.4) is 0 Å². The van der Waals surface area contributed by atoms with E-state index in [9.17, 15) is 9.90 Å². The van der Waals surface area contributed by atoms with Crippen molar-refractivity contribution in [3.63, 3.8) is 0 Å². The van der Waals surface area contributed by atoms with Gasteiger partial charge in [-0.25, -0.2) is 0 Å². The van der Waals surface area contributed by atoms with E-state index in [1.165, 1.54) is 5.57 Å². The fourth-order valence-corrected chi connectivity index (χ4v) is 2.53. The van der Waals surface area contributed by atoms with Crippen molar-refractivity contribution >= 4 is 5.78 Å². The Morgan fingerprint density at radius 3 is 2.23 bits per heavy atom. The summed E-state index contributed by atoms with van der Waals surface area (Å²) >= 11 is 0. The lowest BCUT2D eigenvalue weighted by Crippen LogP contribution is -2.35. The molecular formula is C20H36O2. The summed E-state index contributed by atoms with van der Waals surface area (Å²) in [5, 5.41) is 9.74. The summed E-state index contributed by atoms with van der Waals surface area (Å²) in [5.41, 5.74) is 2.79. The first-order valence-corrected chi connectivity index (χ1v) is 8.58. The molecule has 1 unspecified atom stereocenters. The van der Waals surface area contributed by atoms with Gasteiger partial charge in [-0.15, -0.1) is 0 Å². The highest BCUT2D eigenvalue weighted by Crippen LogP contribution is 2.39. The third kappa shape index (κ3) is 6.74. The molecule has 0 aromatic rings. The molecular weight excluding hydrogens is 272 g/mol. The maximum atomic E-state index is 11.8. The molecule has 0 amide bonds. The third-order valence-corrected chi connectivity index (χ3v) is 3.55. The number of hydrogen-bond acceptors (Lipinski definition) is 2. The summed E-state index contributed by atoms with van der Waals surface area (Å²) in [6, 6.07) is 0. The molecule has 22 heavy (non-hydrogen) atoms. The van der Waals surface area contributed by atoms with E-state index in [4.69, 9.17) is 0 Å². The van der Waals surface area contributed by atoms with Gasteiger partial charge >= 0.3 is 0 Å². The fourth-order valence-electron chi connectivity index (χ4n) is 2.53. The molecule has 0 aromatic heterocycles. The number of carbonyl (C=O) groups excluding carboxylic acids is 1. The van der Waals surface area contributed by atoms with Crippen LogP contribution in [0.25, 0.3) is 0 Å². The van der Waals surface area contributed by atoms with Crippen molar-refractivity contribution < 1.29 is 9.90 Å². The molecule has 0 heterocycles. The number of hydrogen-bond donors (Lipinski definition) is 1. The Morgan fingerprint density at radius 1 is 1.27 bits per heavy atom. The van der Waals surface area contributed by atoms with Crippen LogP contribution in [0.1, 0.15) is 75.2 Å². The highest BCUT2D eigenvalue weighted by Gasteiger charge is 2.36. The minimum Gasteiger partial charge on any atom is -0.385 e.